The second kappa shape index (κ2) is 8.07. The molecule has 1 N–H and O–H groups in total. The van der Waals surface area contributed by atoms with Gasteiger partial charge >= 0.3 is 0 Å². The predicted octanol–water partition coefficient (Wildman–Crippen LogP) is 4.87. The highest BCUT2D eigenvalue weighted by molar-refractivity contribution is 7.14. The molecule has 1 aliphatic heterocycles. The quantitative estimate of drug-likeness (QED) is 0.444. The van der Waals surface area contributed by atoms with Crippen LogP contribution in [-0.4, -0.2) is 27.7 Å². The molecule has 2 aromatic carbocycles. The van der Waals surface area contributed by atoms with E-state index in [1.165, 1.54) is 34.4 Å². The van der Waals surface area contributed by atoms with E-state index in [4.69, 9.17) is 0 Å². The molecule has 0 unspecified atom stereocenters. The average molecular weight is 455 g/mol. The standard InChI is InChI=1S/C25H18N4O3S/c1-14-6-9-21(15(2)11-14)29-23(31)17-8-7-16(12-18(17)24(29)32)22(30)28-25-27-20(13-33-25)19-5-3-4-10-26-19/h3-13H,1-2H3,(H,27,28,30). The first-order chi connectivity index (χ1) is 15.9. The normalized spacial score (nSPS) is 12.7. The molecule has 0 saturated carbocycles. The van der Waals surface area contributed by atoms with Gasteiger partial charge in [-0.3, -0.25) is 24.7 Å². The van der Waals surface area contributed by atoms with Gasteiger partial charge in [-0.05, 0) is 55.8 Å². The molecule has 0 fully saturated rings. The van der Waals surface area contributed by atoms with Crippen LogP contribution >= 0.6 is 11.3 Å². The number of thiazole rings is 1. The van der Waals surface area contributed by atoms with Gasteiger partial charge in [0.15, 0.2) is 5.13 Å². The number of aromatic nitrogens is 2. The molecule has 7 nitrogen and oxygen atoms in total. The predicted molar refractivity (Wildman–Crippen MR) is 127 cm³/mol. The van der Waals surface area contributed by atoms with Gasteiger partial charge in [-0.1, -0.05) is 23.8 Å². The van der Waals surface area contributed by atoms with E-state index < -0.39 is 17.7 Å². The number of nitrogens with zero attached hydrogens (tertiary/aromatic N) is 3. The Kier molecular flexibility index (Phi) is 5.07. The average Bonchev–Trinajstić information content (AvgIpc) is 3.37. The number of imide groups is 1. The molecular formula is C25H18N4O3S. The van der Waals surface area contributed by atoms with Crippen LogP contribution in [0.25, 0.3) is 11.4 Å². The molecule has 3 heterocycles. The Balaban J connectivity index is 1.39. The highest BCUT2D eigenvalue weighted by atomic mass is 32.1. The fraction of sp³-hybridized carbons (Fsp3) is 0.0800. The highest BCUT2D eigenvalue weighted by Gasteiger charge is 2.37. The number of benzene rings is 2. The van der Waals surface area contributed by atoms with Crippen molar-refractivity contribution in [3.05, 3.63) is 94.0 Å². The number of aryl methyl sites for hydroxylation is 2. The summed E-state index contributed by atoms with van der Waals surface area (Å²) in [4.78, 5) is 48.7. The third-order valence-corrected chi connectivity index (χ3v) is 6.15. The first-order valence-corrected chi connectivity index (χ1v) is 11.1. The van der Waals surface area contributed by atoms with Gasteiger partial charge in [0.2, 0.25) is 0 Å². The van der Waals surface area contributed by atoms with E-state index in [-0.39, 0.29) is 16.7 Å². The zero-order valence-corrected chi connectivity index (χ0v) is 18.6. The lowest BCUT2D eigenvalue weighted by molar-refractivity contribution is 0.0925. The molecule has 0 radical (unpaired) electrons. The molecule has 0 atom stereocenters. The molecule has 4 aromatic rings. The van der Waals surface area contributed by atoms with Gasteiger partial charge in [-0.25, -0.2) is 9.88 Å². The Morgan fingerprint density at radius 2 is 1.76 bits per heavy atom. The Labute approximate surface area is 193 Å². The highest BCUT2D eigenvalue weighted by Crippen LogP contribution is 2.32. The Hall–Kier alpha value is -4.17. The molecule has 0 aliphatic carbocycles. The molecule has 1 aliphatic rings. The number of rotatable bonds is 4. The number of hydrogen-bond donors (Lipinski definition) is 1. The van der Waals surface area contributed by atoms with Crippen molar-refractivity contribution < 1.29 is 14.4 Å². The van der Waals surface area contributed by atoms with Crippen molar-refractivity contribution in [3.8, 4) is 11.4 Å². The summed E-state index contributed by atoms with van der Waals surface area (Å²) in [5.74, 6) is -1.25. The van der Waals surface area contributed by atoms with Crippen molar-refractivity contribution in [3.63, 3.8) is 0 Å². The number of hydrogen-bond acceptors (Lipinski definition) is 6. The summed E-state index contributed by atoms with van der Waals surface area (Å²) >= 11 is 1.28. The van der Waals surface area contributed by atoms with Crippen LogP contribution in [0.2, 0.25) is 0 Å². The lowest BCUT2D eigenvalue weighted by Crippen LogP contribution is -2.30. The summed E-state index contributed by atoms with van der Waals surface area (Å²) < 4.78 is 0. The Bertz CT molecular complexity index is 1430. The van der Waals surface area contributed by atoms with Crippen LogP contribution in [0.3, 0.4) is 0 Å². The molecule has 2 aromatic heterocycles. The van der Waals surface area contributed by atoms with Crippen molar-refractivity contribution in [1.29, 1.82) is 0 Å². The van der Waals surface area contributed by atoms with Crippen molar-refractivity contribution in [2.75, 3.05) is 10.2 Å². The summed E-state index contributed by atoms with van der Waals surface area (Å²) in [6.45, 7) is 3.81. The van der Waals surface area contributed by atoms with E-state index in [0.717, 1.165) is 11.1 Å². The summed E-state index contributed by atoms with van der Waals surface area (Å²) in [5.41, 5.74) is 4.55. The van der Waals surface area contributed by atoms with Crippen molar-refractivity contribution >= 4 is 39.9 Å². The van der Waals surface area contributed by atoms with E-state index in [2.05, 4.69) is 15.3 Å². The second-order valence-corrected chi connectivity index (χ2v) is 8.56. The van der Waals surface area contributed by atoms with E-state index in [0.29, 0.717) is 22.2 Å². The van der Waals surface area contributed by atoms with E-state index in [9.17, 15) is 14.4 Å². The van der Waals surface area contributed by atoms with Crippen LogP contribution in [0.5, 0.6) is 0 Å². The minimum atomic E-state index is -0.441. The molecule has 5 rings (SSSR count). The van der Waals surface area contributed by atoms with Crippen LogP contribution in [-0.2, 0) is 0 Å². The van der Waals surface area contributed by atoms with E-state index in [1.54, 1.807) is 12.3 Å². The lowest BCUT2D eigenvalue weighted by atomic mass is 10.1. The maximum Gasteiger partial charge on any atom is 0.266 e. The van der Waals surface area contributed by atoms with E-state index >= 15 is 0 Å². The molecule has 8 heteroatoms. The number of amides is 3. The Morgan fingerprint density at radius 1 is 0.939 bits per heavy atom. The van der Waals surface area contributed by atoms with Gasteiger partial charge < -0.3 is 0 Å². The van der Waals surface area contributed by atoms with Gasteiger partial charge in [0, 0.05) is 17.1 Å². The number of carbonyl (C=O) groups is 3. The van der Waals surface area contributed by atoms with Gasteiger partial charge in [0.05, 0.1) is 22.5 Å². The van der Waals surface area contributed by atoms with Crippen LogP contribution in [0, 0.1) is 13.8 Å². The molecule has 33 heavy (non-hydrogen) atoms. The summed E-state index contributed by atoms with van der Waals surface area (Å²) in [6.07, 6.45) is 1.68. The Morgan fingerprint density at radius 3 is 2.52 bits per heavy atom. The molecule has 162 valence electrons. The van der Waals surface area contributed by atoms with Crippen LogP contribution in [0.1, 0.15) is 42.2 Å². The fourth-order valence-electron chi connectivity index (χ4n) is 3.79. The number of fused-ring (bicyclic) bond motifs is 1. The fourth-order valence-corrected chi connectivity index (χ4v) is 4.49. The number of pyridine rings is 1. The molecule has 3 amide bonds. The van der Waals surface area contributed by atoms with Gasteiger partial charge in [0.1, 0.15) is 5.69 Å². The second-order valence-electron chi connectivity index (χ2n) is 7.70. The van der Waals surface area contributed by atoms with Crippen LogP contribution in [0.4, 0.5) is 10.8 Å². The zero-order chi connectivity index (χ0) is 23.1. The lowest BCUT2D eigenvalue weighted by Gasteiger charge is -2.16. The van der Waals surface area contributed by atoms with Gasteiger partial charge in [-0.2, -0.15) is 0 Å². The molecule has 0 spiro atoms. The summed E-state index contributed by atoms with van der Waals surface area (Å²) in [7, 11) is 0. The smallest absolute Gasteiger partial charge is 0.266 e. The first-order valence-electron chi connectivity index (χ1n) is 10.2. The van der Waals surface area contributed by atoms with Crippen molar-refractivity contribution in [2.24, 2.45) is 0 Å². The monoisotopic (exact) mass is 454 g/mol. The molecule has 0 bridgehead atoms. The van der Waals surface area contributed by atoms with Gasteiger partial charge in [0.25, 0.3) is 17.7 Å². The summed E-state index contributed by atoms with van der Waals surface area (Å²) in [5, 5.41) is 4.98. The number of carbonyl (C=O) groups excluding carboxylic acids is 3. The SMILES string of the molecule is Cc1ccc(N2C(=O)c3ccc(C(=O)Nc4nc(-c5ccccn5)cs4)cc3C2=O)c(C)c1. The van der Waals surface area contributed by atoms with Crippen LogP contribution in [0.15, 0.2) is 66.2 Å². The minimum absolute atomic E-state index is 0.209. The third-order valence-electron chi connectivity index (χ3n) is 5.39. The van der Waals surface area contributed by atoms with Gasteiger partial charge in [-0.15, -0.1) is 11.3 Å². The topological polar surface area (TPSA) is 92.3 Å². The van der Waals surface area contributed by atoms with Crippen molar-refractivity contribution in [1.82, 2.24) is 9.97 Å². The first kappa shape index (κ1) is 20.7. The largest absolute Gasteiger partial charge is 0.298 e. The minimum Gasteiger partial charge on any atom is -0.298 e. The van der Waals surface area contributed by atoms with E-state index in [1.807, 2.05) is 49.6 Å². The summed E-state index contributed by atoms with van der Waals surface area (Å²) in [6, 6.07) is 15.6. The zero-order valence-electron chi connectivity index (χ0n) is 17.8. The number of nitrogens with one attached hydrogen (secondary N) is 1. The maximum absolute atomic E-state index is 13.1. The van der Waals surface area contributed by atoms with Crippen molar-refractivity contribution in [2.45, 2.75) is 13.8 Å². The molecule has 0 saturated heterocycles. The molecular weight excluding hydrogens is 436 g/mol. The maximum atomic E-state index is 13.1. The number of anilines is 2. The van der Waals surface area contributed by atoms with Crippen LogP contribution < -0.4 is 10.2 Å². The third kappa shape index (κ3) is 3.70.